The Morgan fingerprint density at radius 1 is 1.27 bits per heavy atom. The normalized spacial score (nSPS) is 11.9. The van der Waals surface area contributed by atoms with Gasteiger partial charge in [-0.1, -0.05) is 20.8 Å². The summed E-state index contributed by atoms with van der Waals surface area (Å²) in [6.45, 7) is 6.61. The lowest BCUT2D eigenvalue weighted by Crippen LogP contribution is -2.10. The standard InChI is InChI=1S/C12H15N3/c1-12(2,3)7-10-6-11-9(8-13-10)4-5-14-15-11/h4-6,8H,7H2,1-3H3. The van der Waals surface area contributed by atoms with Crippen LogP contribution in [0.15, 0.2) is 24.5 Å². The smallest absolute Gasteiger partial charge is 0.0963 e. The highest BCUT2D eigenvalue weighted by atomic mass is 15.1. The van der Waals surface area contributed by atoms with Gasteiger partial charge in [-0.05, 0) is 24.0 Å². The molecule has 0 aliphatic carbocycles. The molecule has 0 atom stereocenters. The minimum Gasteiger partial charge on any atom is -0.261 e. The minimum absolute atomic E-state index is 0.253. The van der Waals surface area contributed by atoms with Crippen LogP contribution in [0, 0.1) is 5.41 Å². The van der Waals surface area contributed by atoms with E-state index in [1.165, 1.54) is 0 Å². The summed E-state index contributed by atoms with van der Waals surface area (Å²) >= 11 is 0. The summed E-state index contributed by atoms with van der Waals surface area (Å²) in [4.78, 5) is 4.42. The van der Waals surface area contributed by atoms with Crippen molar-refractivity contribution in [1.82, 2.24) is 15.2 Å². The second-order valence-corrected chi connectivity index (χ2v) is 5.00. The molecule has 0 unspecified atom stereocenters. The summed E-state index contributed by atoms with van der Waals surface area (Å²) in [5.41, 5.74) is 2.25. The number of hydrogen-bond donors (Lipinski definition) is 0. The minimum atomic E-state index is 0.253. The van der Waals surface area contributed by atoms with Crippen LogP contribution in [0.1, 0.15) is 26.5 Å². The number of nitrogens with zero attached hydrogens (tertiary/aromatic N) is 3. The van der Waals surface area contributed by atoms with Crippen LogP contribution >= 0.6 is 0 Å². The van der Waals surface area contributed by atoms with Crippen LogP contribution in [-0.2, 0) is 6.42 Å². The fourth-order valence-corrected chi connectivity index (χ4v) is 1.56. The van der Waals surface area contributed by atoms with E-state index in [2.05, 4.69) is 36.0 Å². The highest BCUT2D eigenvalue weighted by Gasteiger charge is 2.12. The summed E-state index contributed by atoms with van der Waals surface area (Å²) in [5.74, 6) is 0. The molecule has 15 heavy (non-hydrogen) atoms. The monoisotopic (exact) mass is 201 g/mol. The molecule has 0 aliphatic heterocycles. The second-order valence-electron chi connectivity index (χ2n) is 5.00. The second kappa shape index (κ2) is 3.57. The molecule has 0 bridgehead atoms. The molecule has 0 radical (unpaired) electrons. The number of rotatable bonds is 1. The van der Waals surface area contributed by atoms with Crippen molar-refractivity contribution in [3.63, 3.8) is 0 Å². The van der Waals surface area contributed by atoms with E-state index in [1.54, 1.807) is 6.20 Å². The van der Waals surface area contributed by atoms with Crippen molar-refractivity contribution in [2.45, 2.75) is 27.2 Å². The van der Waals surface area contributed by atoms with Crippen LogP contribution < -0.4 is 0 Å². The van der Waals surface area contributed by atoms with Crippen molar-refractivity contribution in [1.29, 1.82) is 0 Å². The van der Waals surface area contributed by atoms with Crippen LogP contribution in [0.5, 0.6) is 0 Å². The third kappa shape index (κ3) is 2.49. The summed E-state index contributed by atoms with van der Waals surface area (Å²) in [6, 6.07) is 3.95. The Bertz CT molecular complexity index is 471. The molecule has 0 aliphatic rings. The Hall–Kier alpha value is -1.51. The van der Waals surface area contributed by atoms with E-state index in [0.717, 1.165) is 23.0 Å². The van der Waals surface area contributed by atoms with Crippen LogP contribution in [0.2, 0.25) is 0 Å². The average Bonchev–Trinajstić information content (AvgIpc) is 2.15. The van der Waals surface area contributed by atoms with Gasteiger partial charge >= 0.3 is 0 Å². The Morgan fingerprint density at radius 2 is 2.07 bits per heavy atom. The van der Waals surface area contributed by atoms with Crippen LogP contribution in [-0.4, -0.2) is 15.2 Å². The van der Waals surface area contributed by atoms with E-state index in [1.807, 2.05) is 18.3 Å². The molecule has 78 valence electrons. The van der Waals surface area contributed by atoms with Gasteiger partial charge in [-0.2, -0.15) is 10.2 Å². The fourth-order valence-electron chi connectivity index (χ4n) is 1.56. The first-order valence-corrected chi connectivity index (χ1v) is 5.11. The summed E-state index contributed by atoms with van der Waals surface area (Å²) in [6.07, 6.45) is 4.51. The Balaban J connectivity index is 2.39. The van der Waals surface area contributed by atoms with E-state index in [4.69, 9.17) is 0 Å². The van der Waals surface area contributed by atoms with Gasteiger partial charge in [-0.25, -0.2) is 0 Å². The van der Waals surface area contributed by atoms with E-state index >= 15 is 0 Å². The maximum absolute atomic E-state index is 4.42. The molecule has 0 spiro atoms. The fraction of sp³-hybridized carbons (Fsp3) is 0.417. The third-order valence-electron chi connectivity index (χ3n) is 2.17. The largest absolute Gasteiger partial charge is 0.261 e. The van der Waals surface area contributed by atoms with Gasteiger partial charge in [0.1, 0.15) is 0 Å². The molecule has 3 heteroatoms. The van der Waals surface area contributed by atoms with Gasteiger partial charge in [0.15, 0.2) is 0 Å². The summed E-state index contributed by atoms with van der Waals surface area (Å²) in [7, 11) is 0. The highest BCUT2D eigenvalue weighted by molar-refractivity contribution is 5.76. The van der Waals surface area contributed by atoms with Gasteiger partial charge < -0.3 is 0 Å². The van der Waals surface area contributed by atoms with Gasteiger partial charge in [0, 0.05) is 17.3 Å². The first-order chi connectivity index (χ1) is 7.04. The lowest BCUT2D eigenvalue weighted by atomic mass is 9.90. The Labute approximate surface area is 89.6 Å². The predicted molar refractivity (Wildman–Crippen MR) is 60.5 cm³/mol. The van der Waals surface area contributed by atoms with E-state index in [-0.39, 0.29) is 5.41 Å². The number of hydrogen-bond acceptors (Lipinski definition) is 3. The molecule has 2 aromatic heterocycles. The maximum atomic E-state index is 4.42. The topological polar surface area (TPSA) is 38.7 Å². The quantitative estimate of drug-likeness (QED) is 0.712. The third-order valence-corrected chi connectivity index (χ3v) is 2.17. The van der Waals surface area contributed by atoms with Gasteiger partial charge in [0.05, 0.1) is 11.7 Å². The lowest BCUT2D eigenvalue weighted by Gasteiger charge is -2.17. The molecule has 2 heterocycles. The van der Waals surface area contributed by atoms with Crippen LogP contribution in [0.25, 0.3) is 10.9 Å². The van der Waals surface area contributed by atoms with Crippen molar-refractivity contribution in [3.8, 4) is 0 Å². The van der Waals surface area contributed by atoms with Crippen molar-refractivity contribution in [2.24, 2.45) is 5.41 Å². The van der Waals surface area contributed by atoms with Crippen molar-refractivity contribution >= 4 is 10.9 Å². The Morgan fingerprint density at radius 3 is 2.80 bits per heavy atom. The molecule has 0 N–H and O–H groups in total. The number of pyridine rings is 1. The molecular weight excluding hydrogens is 186 g/mol. The van der Waals surface area contributed by atoms with Gasteiger partial charge in [-0.3, -0.25) is 4.98 Å². The van der Waals surface area contributed by atoms with Crippen LogP contribution in [0.3, 0.4) is 0 Å². The van der Waals surface area contributed by atoms with Gasteiger partial charge in [-0.15, -0.1) is 0 Å². The molecule has 0 fully saturated rings. The van der Waals surface area contributed by atoms with Crippen molar-refractivity contribution in [2.75, 3.05) is 0 Å². The zero-order valence-corrected chi connectivity index (χ0v) is 9.36. The average molecular weight is 201 g/mol. The first kappa shape index (κ1) is 10.0. The highest BCUT2D eigenvalue weighted by Crippen LogP contribution is 2.20. The molecule has 0 amide bonds. The molecular formula is C12H15N3. The number of fused-ring (bicyclic) bond motifs is 1. The molecule has 0 aromatic carbocycles. The maximum Gasteiger partial charge on any atom is 0.0963 e. The lowest BCUT2D eigenvalue weighted by molar-refractivity contribution is 0.406. The molecule has 0 saturated heterocycles. The molecule has 0 saturated carbocycles. The van der Waals surface area contributed by atoms with E-state index in [9.17, 15) is 0 Å². The van der Waals surface area contributed by atoms with Gasteiger partial charge in [0.2, 0.25) is 0 Å². The molecule has 3 nitrogen and oxygen atoms in total. The molecule has 2 aromatic rings. The zero-order valence-electron chi connectivity index (χ0n) is 9.36. The van der Waals surface area contributed by atoms with Crippen molar-refractivity contribution in [3.05, 3.63) is 30.2 Å². The van der Waals surface area contributed by atoms with Crippen molar-refractivity contribution < 1.29 is 0 Å². The first-order valence-electron chi connectivity index (χ1n) is 5.11. The number of aromatic nitrogens is 3. The summed E-state index contributed by atoms with van der Waals surface area (Å²) < 4.78 is 0. The summed E-state index contributed by atoms with van der Waals surface area (Å²) in [5, 5.41) is 9.00. The zero-order chi connectivity index (χ0) is 10.9. The Kier molecular flexibility index (Phi) is 2.39. The predicted octanol–water partition coefficient (Wildman–Crippen LogP) is 2.61. The van der Waals surface area contributed by atoms with Crippen LogP contribution in [0.4, 0.5) is 0 Å². The van der Waals surface area contributed by atoms with E-state index < -0.39 is 0 Å². The van der Waals surface area contributed by atoms with E-state index in [0.29, 0.717) is 0 Å². The molecule has 2 rings (SSSR count). The SMILES string of the molecule is CC(C)(C)Cc1cc2nnccc2cn1. The van der Waals surface area contributed by atoms with Gasteiger partial charge in [0.25, 0.3) is 0 Å².